The topological polar surface area (TPSA) is 371 Å². The van der Waals surface area contributed by atoms with Crippen molar-refractivity contribution in [3.05, 3.63) is 229 Å². The fourth-order valence-corrected chi connectivity index (χ4v) is 19.9. The number of imidazole rings is 3. The number of carbonyl (C=O) groups is 9. The van der Waals surface area contributed by atoms with Crippen molar-refractivity contribution in [3.63, 3.8) is 0 Å². The number of piperazine rings is 3. The molecule has 138 heavy (non-hydrogen) atoms. The summed E-state index contributed by atoms with van der Waals surface area (Å²) in [5, 5.41) is 24.8. The lowest BCUT2D eigenvalue weighted by Crippen LogP contribution is -2.47. The lowest BCUT2D eigenvalue weighted by Gasteiger charge is -2.34. The van der Waals surface area contributed by atoms with Gasteiger partial charge in [0, 0.05) is 159 Å². The standard InChI is InChI=1S/C37H48N6O5.C35H46N6O5.C33H42N6O5/c1-2-32(44)39-30-16-7-8-17-31(30)43-34(28-13-5-3-6-14-28)35(36(46)41-22-18-38-19-23-41)42(37(43)47)25-27-12-11-15-29(24-27)48-26-33(45)40-20-9-4-10-21-40;1-4-30(42)38-28-15-8-9-16-29(28)41-32(26-12-6-5-7-13-26)33(34(44)39-19-17-36-18-20-39)40(35(41)45)22-25-11-10-14-27(21-25)46-23-31(43)37-24(2)3;1-3-28(40)36-26-14-7-8-15-27(26)39-30(24-11-5-4-6-12-24)31(32(42)37-18-16-35-17-19-37)38(33(39)43)21-23-10-9-13-25(20-23)44-22-29(41)34-2/h3,5-6,11-15,24,30-31,38H,2,4,7-10,16-23,25-26H2,1H3,(H,39,44);5-7,10-14,21,24,28-29,36H,4,8-9,15-20,22-23H2,1-3H3,(H,37,43)(H,38,42);4-6,9-13,20,26-27,35H,3,7-8,14-19,21-22H2,1-2H3,(H,34,41)(H,36,40)/t30-,31?;28-,29?;26-,27?/m000/s1. The molecular formula is C105H136N18O15. The first-order valence-electron chi connectivity index (χ1n) is 49.6. The number of amides is 9. The number of benzene rings is 6. The molecule has 3 unspecified atom stereocenters. The smallest absolute Gasteiger partial charge is 0.329 e. The van der Waals surface area contributed by atoms with Crippen molar-refractivity contribution in [2.75, 3.05) is 118 Å². The van der Waals surface area contributed by atoms with Crippen molar-refractivity contribution < 1.29 is 57.4 Å². The number of carbonyl (C=O) groups excluding carboxylic acids is 9. The monoisotopic (exact) mass is 1890 g/mol. The maximum absolute atomic E-state index is 14.8. The van der Waals surface area contributed by atoms with E-state index in [1.165, 1.54) is 0 Å². The third kappa shape index (κ3) is 25.2. The number of hydrogen-bond acceptors (Lipinski definition) is 18. The van der Waals surface area contributed by atoms with Crippen LogP contribution in [0.1, 0.15) is 216 Å². The van der Waals surface area contributed by atoms with E-state index in [0.717, 1.165) is 124 Å². The molecule has 0 radical (unpaired) electrons. The predicted octanol–water partition coefficient (Wildman–Crippen LogP) is 9.68. The van der Waals surface area contributed by atoms with Crippen LogP contribution >= 0.6 is 0 Å². The van der Waals surface area contributed by atoms with Crippen LogP contribution in [0.15, 0.2) is 178 Å². The minimum Gasteiger partial charge on any atom is -0.484 e. The van der Waals surface area contributed by atoms with Crippen molar-refractivity contribution in [1.29, 1.82) is 0 Å². The number of likely N-dealkylation sites (tertiary alicyclic amines) is 1. The van der Waals surface area contributed by atoms with Crippen LogP contribution in [0.5, 0.6) is 17.2 Å². The minimum atomic E-state index is -0.308. The molecule has 0 bridgehead atoms. The quantitative estimate of drug-likeness (QED) is 0.0200. The van der Waals surface area contributed by atoms with Crippen LogP contribution in [-0.2, 0) is 48.4 Å². The summed E-state index contributed by atoms with van der Waals surface area (Å²) in [5.41, 5.74) is 6.55. The van der Waals surface area contributed by atoms with E-state index in [9.17, 15) is 57.5 Å². The highest BCUT2D eigenvalue weighted by molar-refractivity contribution is 6.01. The van der Waals surface area contributed by atoms with E-state index in [2.05, 4.69) is 42.5 Å². The normalized spacial score (nSPS) is 18.9. The van der Waals surface area contributed by atoms with Crippen molar-refractivity contribution in [3.8, 4) is 51.0 Å². The number of piperidine rings is 1. The van der Waals surface area contributed by atoms with Gasteiger partial charge in [-0.2, -0.15) is 0 Å². The summed E-state index contributed by atoms with van der Waals surface area (Å²) in [7, 11) is 1.55. The maximum Gasteiger partial charge on any atom is 0.329 e. The summed E-state index contributed by atoms with van der Waals surface area (Å²) < 4.78 is 27.5. The zero-order chi connectivity index (χ0) is 97.1. The molecule has 3 aliphatic carbocycles. The van der Waals surface area contributed by atoms with E-state index in [0.29, 0.717) is 168 Å². The Morgan fingerprint density at radius 3 is 0.957 bits per heavy atom. The van der Waals surface area contributed by atoms with Gasteiger partial charge in [0.1, 0.15) is 34.3 Å². The van der Waals surface area contributed by atoms with Gasteiger partial charge in [-0.15, -0.1) is 0 Å². The highest BCUT2D eigenvalue weighted by atomic mass is 16.5. The molecule has 33 heteroatoms. The maximum atomic E-state index is 14.8. The molecule has 6 aromatic carbocycles. The van der Waals surface area contributed by atoms with Crippen molar-refractivity contribution in [2.24, 2.45) is 0 Å². The fraction of sp³-hybridized carbons (Fsp3) is 0.486. The number of nitrogens with one attached hydrogen (secondary N) is 8. The molecule has 7 aliphatic rings. The lowest BCUT2D eigenvalue weighted by molar-refractivity contribution is -0.134. The van der Waals surface area contributed by atoms with Gasteiger partial charge in [-0.05, 0) is 125 Å². The largest absolute Gasteiger partial charge is 0.484 e. The molecule has 3 saturated carbocycles. The number of likely N-dealkylation sites (N-methyl/N-ethyl adjacent to an activating group) is 1. The minimum absolute atomic E-state index is 0.00264. The summed E-state index contributed by atoms with van der Waals surface area (Å²) in [4.78, 5) is 169. The summed E-state index contributed by atoms with van der Waals surface area (Å²) in [6.45, 7) is 18.2. The Bertz CT molecular complexity index is 5860. The van der Waals surface area contributed by atoms with Gasteiger partial charge in [-0.1, -0.05) is 187 Å². The van der Waals surface area contributed by atoms with E-state index in [1.807, 2.05) is 189 Å². The fourth-order valence-electron chi connectivity index (χ4n) is 19.9. The van der Waals surface area contributed by atoms with E-state index in [1.54, 1.807) is 63.6 Å². The molecule has 4 aliphatic heterocycles. The molecule has 4 saturated heterocycles. The molecule has 9 amide bonds. The molecule has 736 valence electrons. The Morgan fingerprint density at radius 1 is 0.348 bits per heavy atom. The molecule has 7 fully saturated rings. The summed E-state index contributed by atoms with van der Waals surface area (Å²) >= 11 is 0. The lowest BCUT2D eigenvalue weighted by atomic mass is 9.89. The van der Waals surface area contributed by atoms with Crippen LogP contribution in [0.4, 0.5) is 0 Å². The number of hydrogen-bond donors (Lipinski definition) is 8. The molecular weight excluding hydrogens is 1750 g/mol. The molecule has 7 heterocycles. The average Bonchev–Trinajstić information content (AvgIpc) is 1.60. The van der Waals surface area contributed by atoms with Gasteiger partial charge in [0.2, 0.25) is 17.7 Å². The second-order valence-electron chi connectivity index (χ2n) is 36.8. The van der Waals surface area contributed by atoms with Crippen LogP contribution in [0, 0.1) is 0 Å². The molecule has 0 spiro atoms. The Balaban J connectivity index is 0.000000165. The second-order valence-corrected chi connectivity index (χ2v) is 36.8. The van der Waals surface area contributed by atoms with E-state index in [-0.39, 0.29) is 152 Å². The van der Waals surface area contributed by atoms with Gasteiger partial charge in [-0.3, -0.25) is 70.6 Å². The highest BCUT2D eigenvalue weighted by Gasteiger charge is 2.42. The van der Waals surface area contributed by atoms with Gasteiger partial charge < -0.3 is 76.3 Å². The Kier molecular flexibility index (Phi) is 36.0. The molecule has 6 atom stereocenters. The van der Waals surface area contributed by atoms with E-state index < -0.39 is 0 Å². The zero-order valence-electron chi connectivity index (χ0n) is 80.6. The van der Waals surface area contributed by atoms with Crippen LogP contribution in [0.2, 0.25) is 0 Å². The van der Waals surface area contributed by atoms with E-state index in [4.69, 9.17) is 14.2 Å². The molecule has 33 nitrogen and oxygen atoms in total. The number of rotatable bonds is 31. The second kappa shape index (κ2) is 49.2. The predicted molar refractivity (Wildman–Crippen MR) is 529 cm³/mol. The third-order valence-corrected chi connectivity index (χ3v) is 26.9. The Morgan fingerprint density at radius 2 is 0.652 bits per heavy atom. The van der Waals surface area contributed by atoms with Crippen LogP contribution in [-0.4, -0.2) is 243 Å². The summed E-state index contributed by atoms with van der Waals surface area (Å²) in [6, 6.07) is 49.2. The van der Waals surface area contributed by atoms with Crippen LogP contribution in [0.3, 0.4) is 0 Å². The SMILES string of the molecule is CCC(=O)N[C@H]1CCCCC1n1c(-c2ccccc2)c(C(=O)N2CCNCC2)n(Cc2cccc(OCC(=O)N3CCCCC3)c2)c1=O.CCC(=O)N[C@H]1CCCCC1n1c(-c2ccccc2)c(C(=O)N2CCNCC2)n(Cc2cccc(OCC(=O)NC(C)C)c2)c1=O.CCC(=O)N[C@H]1CCCCC1n1c(-c2ccccc2)c(C(=O)N2CCNCC2)n(Cc2cccc(OCC(=O)NC)c2)c1=O. The highest BCUT2D eigenvalue weighted by Crippen LogP contribution is 2.40. The first-order chi connectivity index (χ1) is 67.1. The Hall–Kier alpha value is -13.1. The number of aromatic nitrogens is 6. The van der Waals surface area contributed by atoms with Crippen molar-refractivity contribution in [2.45, 2.75) is 212 Å². The van der Waals surface area contributed by atoms with Gasteiger partial charge in [0.15, 0.2) is 19.8 Å². The molecule has 8 N–H and O–H groups in total. The van der Waals surface area contributed by atoms with E-state index >= 15 is 0 Å². The van der Waals surface area contributed by atoms with Crippen LogP contribution in [0.25, 0.3) is 33.8 Å². The number of ether oxygens (including phenoxy) is 3. The number of nitrogens with zero attached hydrogens (tertiary/aromatic N) is 10. The van der Waals surface area contributed by atoms with Gasteiger partial charge in [0.25, 0.3) is 35.4 Å². The van der Waals surface area contributed by atoms with Crippen molar-refractivity contribution in [1.82, 2.24) is 89.5 Å². The Labute approximate surface area is 806 Å². The van der Waals surface area contributed by atoms with Crippen molar-refractivity contribution >= 4 is 53.2 Å². The molecule has 3 aromatic heterocycles. The van der Waals surface area contributed by atoms with Gasteiger partial charge in [0.05, 0.1) is 54.8 Å². The summed E-state index contributed by atoms with van der Waals surface area (Å²) in [5.74, 6) is 0.298. The van der Waals surface area contributed by atoms with Gasteiger partial charge >= 0.3 is 17.1 Å². The van der Waals surface area contributed by atoms with Gasteiger partial charge in [-0.25, -0.2) is 14.4 Å². The molecule has 9 aromatic rings. The zero-order valence-corrected chi connectivity index (χ0v) is 80.6. The summed E-state index contributed by atoms with van der Waals surface area (Å²) in [6.07, 6.45) is 14.3. The molecule has 16 rings (SSSR count). The first kappa shape index (κ1) is 101. The van der Waals surface area contributed by atoms with Crippen LogP contribution < -0.4 is 73.8 Å². The average molecular weight is 1890 g/mol. The third-order valence-electron chi connectivity index (χ3n) is 26.9. The first-order valence-corrected chi connectivity index (χ1v) is 49.6.